The van der Waals surface area contributed by atoms with Crippen LogP contribution in [0.25, 0.3) is 11.4 Å². The summed E-state index contributed by atoms with van der Waals surface area (Å²) in [5.41, 5.74) is 7.47. The van der Waals surface area contributed by atoms with Crippen molar-refractivity contribution in [3.63, 3.8) is 0 Å². The molecular weight excluding hydrogens is 304 g/mol. The average molecular weight is 326 g/mol. The minimum absolute atomic E-state index is 0.0437. The van der Waals surface area contributed by atoms with Crippen LogP contribution in [0.15, 0.2) is 28.8 Å². The van der Waals surface area contributed by atoms with Crippen LogP contribution in [0.1, 0.15) is 54.8 Å². The number of benzene rings is 1. The second kappa shape index (κ2) is 6.02. The summed E-state index contributed by atoms with van der Waals surface area (Å²) in [7, 11) is 0. The van der Waals surface area contributed by atoms with Crippen LogP contribution in [0, 0.1) is 0 Å². The molecule has 0 bridgehead atoms. The lowest BCUT2D eigenvalue weighted by molar-refractivity contribution is 0.0619. The third-order valence-electron chi connectivity index (χ3n) is 4.91. The van der Waals surface area contributed by atoms with Gasteiger partial charge in [-0.15, -0.1) is 0 Å². The van der Waals surface area contributed by atoms with E-state index in [1.807, 2.05) is 29.2 Å². The smallest absolute Gasteiger partial charge is 0.254 e. The summed E-state index contributed by atoms with van der Waals surface area (Å²) in [6.07, 6.45) is 3.94. The minimum atomic E-state index is 0.0437. The molecule has 2 N–H and O–H groups in total. The molecule has 1 aromatic heterocycles. The lowest BCUT2D eigenvalue weighted by Crippen LogP contribution is -2.48. The molecule has 1 aromatic carbocycles. The molecule has 2 aliphatic rings. The number of carbonyl (C=O) groups is 1. The number of aromatic nitrogens is 2. The molecule has 0 unspecified atom stereocenters. The molecule has 0 radical (unpaired) electrons. The molecule has 0 spiro atoms. The van der Waals surface area contributed by atoms with E-state index in [1.165, 1.54) is 0 Å². The van der Waals surface area contributed by atoms with Gasteiger partial charge in [0.15, 0.2) is 0 Å². The van der Waals surface area contributed by atoms with Gasteiger partial charge in [-0.25, -0.2) is 0 Å². The molecule has 2 heterocycles. The fraction of sp³-hybridized carbons (Fsp3) is 0.500. The van der Waals surface area contributed by atoms with Crippen molar-refractivity contribution >= 4 is 5.91 Å². The van der Waals surface area contributed by atoms with E-state index in [4.69, 9.17) is 10.3 Å². The topological polar surface area (TPSA) is 85.2 Å². The zero-order valence-electron chi connectivity index (χ0n) is 13.8. The number of hydrogen-bond acceptors (Lipinski definition) is 5. The van der Waals surface area contributed by atoms with Crippen LogP contribution in [0.3, 0.4) is 0 Å². The number of nitrogens with two attached hydrogens (primary N) is 1. The fourth-order valence-corrected chi connectivity index (χ4v) is 3.32. The Balaban J connectivity index is 1.56. The molecule has 1 aliphatic heterocycles. The number of piperidine rings is 1. The zero-order chi connectivity index (χ0) is 16.7. The maximum Gasteiger partial charge on any atom is 0.254 e. The van der Waals surface area contributed by atoms with Gasteiger partial charge in [-0.3, -0.25) is 4.79 Å². The molecule has 126 valence electrons. The van der Waals surface area contributed by atoms with Crippen LogP contribution >= 0.6 is 0 Å². The van der Waals surface area contributed by atoms with Gasteiger partial charge in [0.2, 0.25) is 11.7 Å². The van der Waals surface area contributed by atoms with Gasteiger partial charge in [0.05, 0.1) is 0 Å². The van der Waals surface area contributed by atoms with Crippen LogP contribution in [-0.4, -0.2) is 39.6 Å². The number of carbonyl (C=O) groups excluding carboxylic acids is 1. The van der Waals surface area contributed by atoms with Crippen molar-refractivity contribution in [2.24, 2.45) is 5.73 Å². The molecule has 1 saturated heterocycles. The SMILES string of the molecule is C[C@@H]1C[C@H](N)CCN1C(=O)c1cccc(-c2noc(C3CC3)n2)c1. The van der Waals surface area contributed by atoms with Crippen LogP contribution in [0.4, 0.5) is 0 Å². The predicted octanol–water partition coefficient (Wildman–Crippen LogP) is 2.57. The Bertz CT molecular complexity index is 753. The normalized spacial score (nSPS) is 24.2. The highest BCUT2D eigenvalue weighted by Crippen LogP contribution is 2.39. The maximum absolute atomic E-state index is 12.8. The summed E-state index contributed by atoms with van der Waals surface area (Å²) in [4.78, 5) is 19.2. The summed E-state index contributed by atoms with van der Waals surface area (Å²) in [5, 5.41) is 4.06. The van der Waals surface area contributed by atoms with Crippen molar-refractivity contribution in [2.45, 2.75) is 50.6 Å². The molecule has 2 atom stereocenters. The maximum atomic E-state index is 12.8. The van der Waals surface area contributed by atoms with E-state index < -0.39 is 0 Å². The summed E-state index contributed by atoms with van der Waals surface area (Å²) in [6, 6.07) is 7.83. The first-order valence-corrected chi connectivity index (χ1v) is 8.62. The molecule has 6 heteroatoms. The molecule has 2 fully saturated rings. The molecule has 2 aromatic rings. The van der Waals surface area contributed by atoms with Gasteiger partial charge in [0.1, 0.15) is 0 Å². The fourth-order valence-electron chi connectivity index (χ4n) is 3.32. The Morgan fingerprint density at radius 3 is 2.92 bits per heavy atom. The highest BCUT2D eigenvalue weighted by atomic mass is 16.5. The Hall–Kier alpha value is -2.21. The number of hydrogen-bond donors (Lipinski definition) is 1. The van der Waals surface area contributed by atoms with E-state index >= 15 is 0 Å². The van der Waals surface area contributed by atoms with Gasteiger partial charge in [0.25, 0.3) is 5.91 Å². The molecule has 4 rings (SSSR count). The lowest BCUT2D eigenvalue weighted by atomic mass is 9.98. The molecule has 6 nitrogen and oxygen atoms in total. The minimum Gasteiger partial charge on any atom is -0.339 e. The van der Waals surface area contributed by atoms with Crippen molar-refractivity contribution in [1.82, 2.24) is 15.0 Å². The van der Waals surface area contributed by atoms with Crippen molar-refractivity contribution < 1.29 is 9.32 Å². The third-order valence-corrected chi connectivity index (χ3v) is 4.91. The number of rotatable bonds is 3. The number of likely N-dealkylation sites (tertiary alicyclic amines) is 1. The van der Waals surface area contributed by atoms with Gasteiger partial charge in [-0.05, 0) is 44.7 Å². The van der Waals surface area contributed by atoms with Gasteiger partial charge in [-0.2, -0.15) is 4.98 Å². The first-order valence-electron chi connectivity index (χ1n) is 8.62. The first kappa shape index (κ1) is 15.3. The van der Waals surface area contributed by atoms with Crippen molar-refractivity contribution in [2.75, 3.05) is 6.54 Å². The number of amides is 1. The second-order valence-electron chi connectivity index (χ2n) is 6.94. The molecule has 24 heavy (non-hydrogen) atoms. The lowest BCUT2D eigenvalue weighted by Gasteiger charge is -2.36. The van der Waals surface area contributed by atoms with Crippen LogP contribution in [0.5, 0.6) is 0 Å². The van der Waals surface area contributed by atoms with Crippen LogP contribution in [-0.2, 0) is 0 Å². The van der Waals surface area contributed by atoms with Crippen molar-refractivity contribution in [3.05, 3.63) is 35.7 Å². The monoisotopic (exact) mass is 326 g/mol. The van der Waals surface area contributed by atoms with Gasteiger partial charge in [0, 0.05) is 35.7 Å². The van der Waals surface area contributed by atoms with E-state index in [2.05, 4.69) is 17.1 Å². The molecule has 1 aliphatic carbocycles. The Morgan fingerprint density at radius 1 is 1.33 bits per heavy atom. The molecule has 1 amide bonds. The van der Waals surface area contributed by atoms with Crippen molar-refractivity contribution in [1.29, 1.82) is 0 Å². The highest BCUT2D eigenvalue weighted by Gasteiger charge is 2.30. The van der Waals surface area contributed by atoms with Gasteiger partial charge >= 0.3 is 0 Å². The van der Waals surface area contributed by atoms with Crippen LogP contribution in [0.2, 0.25) is 0 Å². The van der Waals surface area contributed by atoms with Crippen LogP contribution < -0.4 is 5.73 Å². The summed E-state index contributed by atoms with van der Waals surface area (Å²) in [6.45, 7) is 2.77. The quantitative estimate of drug-likeness (QED) is 0.937. The highest BCUT2D eigenvalue weighted by molar-refractivity contribution is 5.95. The molecular formula is C18H22N4O2. The van der Waals surface area contributed by atoms with Gasteiger partial charge in [-0.1, -0.05) is 17.3 Å². The Morgan fingerprint density at radius 2 is 2.17 bits per heavy atom. The summed E-state index contributed by atoms with van der Waals surface area (Å²) >= 11 is 0. The third kappa shape index (κ3) is 2.94. The first-order chi connectivity index (χ1) is 11.6. The van der Waals surface area contributed by atoms with E-state index in [1.54, 1.807) is 0 Å². The Labute approximate surface area is 141 Å². The largest absolute Gasteiger partial charge is 0.339 e. The average Bonchev–Trinajstić information content (AvgIpc) is 3.31. The molecule has 1 saturated carbocycles. The van der Waals surface area contributed by atoms with Crippen molar-refractivity contribution in [3.8, 4) is 11.4 Å². The predicted molar refractivity (Wildman–Crippen MR) is 89.4 cm³/mol. The summed E-state index contributed by atoms with van der Waals surface area (Å²) in [5.74, 6) is 1.73. The Kier molecular flexibility index (Phi) is 3.84. The van der Waals surface area contributed by atoms with E-state index in [0.29, 0.717) is 29.7 Å². The second-order valence-corrected chi connectivity index (χ2v) is 6.94. The standard InChI is InChI=1S/C18H22N4O2/c1-11-9-15(19)7-8-22(11)18(23)14-4-2-3-13(10-14)16-20-17(24-21-16)12-5-6-12/h2-4,10-12,15H,5-9,19H2,1H3/t11-,15-/m1/s1. The summed E-state index contributed by atoms with van der Waals surface area (Å²) < 4.78 is 5.32. The van der Waals surface area contributed by atoms with E-state index in [9.17, 15) is 4.79 Å². The number of nitrogens with zero attached hydrogens (tertiary/aromatic N) is 3. The van der Waals surface area contributed by atoms with E-state index in [0.717, 1.165) is 31.2 Å². The van der Waals surface area contributed by atoms with Gasteiger partial charge < -0.3 is 15.2 Å². The van der Waals surface area contributed by atoms with E-state index in [-0.39, 0.29) is 18.0 Å². The zero-order valence-corrected chi connectivity index (χ0v) is 13.8.